The first-order valence-corrected chi connectivity index (χ1v) is 21.3. The summed E-state index contributed by atoms with van der Waals surface area (Å²) in [7, 11) is -4.27. The van der Waals surface area contributed by atoms with Crippen molar-refractivity contribution in [3.05, 3.63) is 60.8 Å². The summed E-state index contributed by atoms with van der Waals surface area (Å²) in [5.41, 5.74) is 5.34. The van der Waals surface area contributed by atoms with Crippen LogP contribution in [0.4, 0.5) is 0 Å². The van der Waals surface area contributed by atoms with E-state index in [2.05, 4.69) is 74.6 Å². The van der Waals surface area contributed by atoms with Crippen LogP contribution in [0.25, 0.3) is 0 Å². The molecule has 2 atom stereocenters. The van der Waals surface area contributed by atoms with E-state index in [-0.39, 0.29) is 32.3 Å². The van der Waals surface area contributed by atoms with Gasteiger partial charge in [-0.1, -0.05) is 152 Å². The van der Waals surface area contributed by atoms with Gasteiger partial charge in [-0.15, -0.1) is 0 Å². The van der Waals surface area contributed by atoms with Crippen molar-refractivity contribution >= 4 is 13.8 Å². The molecule has 9 heteroatoms. The molecule has 8 nitrogen and oxygen atoms in total. The summed E-state index contributed by atoms with van der Waals surface area (Å²) in [6.45, 7) is 4.72. The van der Waals surface area contributed by atoms with Crippen molar-refractivity contribution in [2.45, 2.75) is 161 Å². The molecule has 0 heterocycles. The van der Waals surface area contributed by atoms with Crippen LogP contribution in [0.2, 0.25) is 0 Å². The van der Waals surface area contributed by atoms with E-state index in [9.17, 15) is 14.3 Å². The van der Waals surface area contributed by atoms with E-state index < -0.39 is 13.9 Å². The fourth-order valence-corrected chi connectivity index (χ4v) is 5.85. The second-order valence-corrected chi connectivity index (χ2v) is 14.2. The smallest absolute Gasteiger partial charge is 0.457 e. The van der Waals surface area contributed by atoms with E-state index in [4.69, 9.17) is 24.3 Å². The highest BCUT2D eigenvalue weighted by atomic mass is 31.2. The lowest BCUT2D eigenvalue weighted by Crippen LogP contribution is -2.28. The molecule has 0 spiro atoms. The highest BCUT2D eigenvalue weighted by Crippen LogP contribution is 2.43. The number of hydrogen-bond donors (Lipinski definition) is 2. The van der Waals surface area contributed by atoms with Crippen LogP contribution in [-0.4, -0.2) is 49.9 Å². The Morgan fingerprint density at radius 1 is 0.620 bits per heavy atom. The van der Waals surface area contributed by atoms with Crippen LogP contribution < -0.4 is 5.73 Å². The molecule has 0 saturated carbocycles. The van der Waals surface area contributed by atoms with Crippen molar-refractivity contribution in [3.8, 4) is 0 Å². The zero-order valence-corrected chi connectivity index (χ0v) is 32.8. The van der Waals surface area contributed by atoms with E-state index in [1.807, 2.05) is 0 Å². The SMILES string of the molecule is CC/C=C\C/C=C\C/C=C\C/C=C\C/C=C\CCCCCCCCCCOCC(COP(=O)(O)OCCN)OC(=O)CCCCCCCCC. The van der Waals surface area contributed by atoms with Gasteiger partial charge in [0.15, 0.2) is 0 Å². The number of carbonyl (C=O) groups excluding carboxylic acids is 1. The van der Waals surface area contributed by atoms with Crippen LogP contribution in [0.3, 0.4) is 0 Å². The quantitative estimate of drug-likeness (QED) is 0.0281. The normalized spacial score (nSPS) is 14.2. The van der Waals surface area contributed by atoms with Gasteiger partial charge in [-0.25, -0.2) is 4.57 Å². The average Bonchev–Trinajstić information content (AvgIpc) is 3.10. The van der Waals surface area contributed by atoms with Gasteiger partial charge in [0, 0.05) is 19.6 Å². The fourth-order valence-electron chi connectivity index (χ4n) is 5.08. The standard InChI is InChI=1S/C41H74NO7P/c1-3-5-7-9-11-12-13-14-15-16-17-18-19-20-21-22-23-24-25-26-27-29-31-33-36-46-38-40(39-48-50(44,45)47-37-35-42)49-41(43)34-32-30-28-10-8-6-4-2/h5,7,11-12,14-15,17-18,20-21,40H,3-4,6,8-10,13,16,19,22-39,42H2,1-2H3,(H,44,45)/b7-5-,12-11-,15-14-,18-17-,21-20-. The minimum absolute atomic E-state index is 0.0969. The summed E-state index contributed by atoms with van der Waals surface area (Å²) in [5, 5.41) is 0. The first kappa shape index (κ1) is 48.2. The third-order valence-electron chi connectivity index (χ3n) is 7.95. The number of rotatable bonds is 37. The Morgan fingerprint density at radius 3 is 1.68 bits per heavy atom. The molecular formula is C41H74NO7P. The second-order valence-electron chi connectivity index (χ2n) is 12.8. The Labute approximate surface area is 306 Å². The van der Waals surface area contributed by atoms with Gasteiger partial charge < -0.3 is 20.1 Å². The molecule has 0 fully saturated rings. The molecular weight excluding hydrogens is 649 g/mol. The Bertz CT molecular complexity index is 947. The van der Waals surface area contributed by atoms with Crippen molar-refractivity contribution in [3.63, 3.8) is 0 Å². The zero-order chi connectivity index (χ0) is 36.6. The molecule has 0 aromatic heterocycles. The maximum absolute atomic E-state index is 12.4. The summed E-state index contributed by atoms with van der Waals surface area (Å²) in [5.74, 6) is -0.343. The van der Waals surface area contributed by atoms with Crippen molar-refractivity contribution in [2.75, 3.05) is 33.0 Å². The number of phosphoric ester groups is 1. The number of hydrogen-bond acceptors (Lipinski definition) is 7. The monoisotopic (exact) mass is 724 g/mol. The molecule has 0 aromatic carbocycles. The minimum Gasteiger partial charge on any atom is -0.457 e. The maximum Gasteiger partial charge on any atom is 0.472 e. The first-order valence-electron chi connectivity index (χ1n) is 19.8. The topological polar surface area (TPSA) is 117 Å². The molecule has 50 heavy (non-hydrogen) atoms. The van der Waals surface area contributed by atoms with Crippen molar-refractivity contribution in [1.82, 2.24) is 0 Å². The Kier molecular flexibility index (Phi) is 37.0. The Hall–Kier alpha value is -1.80. The molecule has 0 rings (SSSR count). The molecule has 0 bridgehead atoms. The molecule has 290 valence electrons. The van der Waals surface area contributed by atoms with Crippen LogP contribution in [-0.2, 0) is 27.9 Å². The van der Waals surface area contributed by atoms with Crippen molar-refractivity contribution < 1.29 is 32.8 Å². The highest BCUT2D eigenvalue weighted by molar-refractivity contribution is 7.47. The number of unbranched alkanes of at least 4 members (excludes halogenated alkanes) is 14. The molecule has 0 aliphatic heterocycles. The van der Waals surface area contributed by atoms with Gasteiger partial charge in [0.25, 0.3) is 0 Å². The molecule has 0 aromatic rings. The van der Waals surface area contributed by atoms with Crippen LogP contribution in [0.1, 0.15) is 155 Å². The number of esters is 1. The van der Waals surface area contributed by atoms with Crippen molar-refractivity contribution in [2.24, 2.45) is 5.73 Å². The summed E-state index contributed by atoms with van der Waals surface area (Å²) in [4.78, 5) is 22.2. The lowest BCUT2D eigenvalue weighted by molar-refractivity contribution is -0.154. The predicted molar refractivity (Wildman–Crippen MR) is 210 cm³/mol. The van der Waals surface area contributed by atoms with Gasteiger partial charge in [-0.05, 0) is 57.8 Å². The molecule has 0 radical (unpaired) electrons. The highest BCUT2D eigenvalue weighted by Gasteiger charge is 2.25. The lowest BCUT2D eigenvalue weighted by Gasteiger charge is -2.20. The lowest BCUT2D eigenvalue weighted by atomic mass is 10.1. The van der Waals surface area contributed by atoms with Crippen molar-refractivity contribution in [1.29, 1.82) is 0 Å². The second kappa shape index (κ2) is 38.4. The first-order chi connectivity index (χ1) is 24.4. The van der Waals surface area contributed by atoms with Gasteiger partial charge >= 0.3 is 13.8 Å². The van der Waals surface area contributed by atoms with E-state index in [0.717, 1.165) is 70.6 Å². The van der Waals surface area contributed by atoms with Gasteiger partial charge in [0.1, 0.15) is 6.10 Å². The van der Waals surface area contributed by atoms with Gasteiger partial charge in [-0.2, -0.15) is 0 Å². The number of nitrogens with two attached hydrogens (primary N) is 1. The number of phosphoric acid groups is 1. The zero-order valence-electron chi connectivity index (χ0n) is 31.9. The van der Waals surface area contributed by atoms with Crippen LogP contribution in [0.5, 0.6) is 0 Å². The predicted octanol–water partition coefficient (Wildman–Crippen LogP) is 11.4. The third-order valence-corrected chi connectivity index (χ3v) is 8.93. The molecule has 0 saturated heterocycles. The largest absolute Gasteiger partial charge is 0.472 e. The van der Waals surface area contributed by atoms with E-state index in [0.29, 0.717) is 13.0 Å². The van der Waals surface area contributed by atoms with Crippen LogP contribution >= 0.6 is 7.82 Å². The minimum atomic E-state index is -4.27. The van der Waals surface area contributed by atoms with Gasteiger partial charge in [0.05, 0.1) is 19.8 Å². The summed E-state index contributed by atoms with van der Waals surface area (Å²) in [6.07, 6.45) is 45.4. The Morgan fingerprint density at radius 2 is 1.12 bits per heavy atom. The fraction of sp³-hybridized carbons (Fsp3) is 0.732. The van der Waals surface area contributed by atoms with Gasteiger partial charge in [-0.3, -0.25) is 13.8 Å². The molecule has 0 aliphatic carbocycles. The molecule has 0 aliphatic rings. The number of allylic oxidation sites excluding steroid dienone is 10. The Balaban J connectivity index is 3.94. The molecule has 0 amide bonds. The van der Waals surface area contributed by atoms with E-state index in [1.165, 1.54) is 64.2 Å². The summed E-state index contributed by atoms with van der Waals surface area (Å²) in [6, 6.07) is 0. The van der Waals surface area contributed by atoms with E-state index >= 15 is 0 Å². The average molecular weight is 724 g/mol. The van der Waals surface area contributed by atoms with Crippen LogP contribution in [0, 0.1) is 0 Å². The third kappa shape index (κ3) is 37.5. The summed E-state index contributed by atoms with van der Waals surface area (Å²) >= 11 is 0. The number of ether oxygens (including phenoxy) is 2. The van der Waals surface area contributed by atoms with E-state index in [1.54, 1.807) is 0 Å². The van der Waals surface area contributed by atoms with Gasteiger partial charge in [0.2, 0.25) is 0 Å². The number of carbonyl (C=O) groups is 1. The summed E-state index contributed by atoms with van der Waals surface area (Å²) < 4.78 is 33.2. The molecule has 2 unspecified atom stereocenters. The maximum atomic E-state index is 12.4. The molecule has 3 N–H and O–H groups in total. The van der Waals surface area contributed by atoms with Crippen LogP contribution in [0.15, 0.2) is 60.8 Å².